The molecule has 0 aromatic carbocycles. The second kappa shape index (κ2) is 5.78. The molecule has 0 N–H and O–H groups in total. The van der Waals surface area contributed by atoms with Gasteiger partial charge in [-0.2, -0.15) is 5.26 Å². The van der Waals surface area contributed by atoms with Gasteiger partial charge in [0.05, 0.1) is 0 Å². The van der Waals surface area contributed by atoms with Gasteiger partial charge in [-0.3, -0.25) is 0 Å². The molecule has 5 nitrogen and oxygen atoms in total. The molecule has 2 rings (SSSR count). The van der Waals surface area contributed by atoms with Crippen LogP contribution in [-0.4, -0.2) is 48.6 Å². The highest BCUT2D eigenvalue weighted by atomic mass is 15.2. The van der Waals surface area contributed by atoms with Gasteiger partial charge in [0.1, 0.15) is 6.07 Å². The average molecular weight is 245 g/mol. The van der Waals surface area contributed by atoms with Crippen molar-refractivity contribution in [3.8, 4) is 6.07 Å². The molecule has 0 atom stereocenters. The van der Waals surface area contributed by atoms with Gasteiger partial charge in [-0.25, -0.2) is 9.97 Å². The summed E-state index contributed by atoms with van der Waals surface area (Å²) in [4.78, 5) is 12.7. The fraction of sp³-hybridized carbons (Fsp3) is 0.615. The van der Waals surface area contributed by atoms with Gasteiger partial charge in [-0.05, 0) is 38.9 Å². The van der Waals surface area contributed by atoms with Crippen LogP contribution < -0.4 is 4.90 Å². The van der Waals surface area contributed by atoms with Crippen LogP contribution in [0, 0.1) is 17.2 Å². The van der Waals surface area contributed by atoms with Crippen molar-refractivity contribution >= 4 is 5.82 Å². The van der Waals surface area contributed by atoms with Gasteiger partial charge in [-0.15, -0.1) is 0 Å². The molecule has 5 heteroatoms. The second-order valence-corrected chi connectivity index (χ2v) is 4.97. The van der Waals surface area contributed by atoms with Gasteiger partial charge in [0.15, 0.2) is 11.5 Å². The van der Waals surface area contributed by atoms with E-state index in [-0.39, 0.29) is 0 Å². The minimum atomic E-state index is 0.410. The molecule has 0 aliphatic carbocycles. The summed E-state index contributed by atoms with van der Waals surface area (Å²) in [5.74, 6) is 1.37. The molecule has 1 aromatic rings. The molecule has 2 heterocycles. The molecular formula is C13H19N5. The summed E-state index contributed by atoms with van der Waals surface area (Å²) < 4.78 is 0. The Kier molecular flexibility index (Phi) is 4.11. The van der Waals surface area contributed by atoms with E-state index in [0.717, 1.165) is 19.6 Å². The van der Waals surface area contributed by atoms with Crippen LogP contribution in [0.2, 0.25) is 0 Å². The van der Waals surface area contributed by atoms with Crippen LogP contribution in [0.1, 0.15) is 18.5 Å². The smallest absolute Gasteiger partial charge is 0.183 e. The van der Waals surface area contributed by atoms with Crippen molar-refractivity contribution in [2.45, 2.75) is 12.8 Å². The molecule has 0 bridgehead atoms. The maximum atomic E-state index is 9.02. The van der Waals surface area contributed by atoms with Crippen molar-refractivity contribution in [2.75, 3.05) is 38.6 Å². The topological polar surface area (TPSA) is 56.1 Å². The van der Waals surface area contributed by atoms with Crippen LogP contribution >= 0.6 is 0 Å². The molecule has 1 aliphatic rings. The number of nitriles is 1. The highest BCUT2D eigenvalue weighted by Gasteiger charge is 2.20. The third-order valence-electron chi connectivity index (χ3n) is 3.52. The first-order valence-corrected chi connectivity index (χ1v) is 6.31. The van der Waals surface area contributed by atoms with Crippen LogP contribution in [0.15, 0.2) is 12.4 Å². The summed E-state index contributed by atoms with van der Waals surface area (Å²) in [7, 11) is 4.15. The number of likely N-dealkylation sites (tertiary alicyclic amines) is 1. The number of nitrogens with zero attached hydrogens (tertiary/aromatic N) is 5. The monoisotopic (exact) mass is 245 g/mol. The Morgan fingerprint density at radius 2 is 2.06 bits per heavy atom. The summed E-state index contributed by atoms with van der Waals surface area (Å²) in [5, 5.41) is 9.02. The third kappa shape index (κ3) is 2.96. The van der Waals surface area contributed by atoms with Gasteiger partial charge in [-0.1, -0.05) is 0 Å². The number of hydrogen-bond donors (Lipinski definition) is 0. The molecule has 0 radical (unpaired) electrons. The molecule has 96 valence electrons. The van der Waals surface area contributed by atoms with E-state index in [4.69, 9.17) is 5.26 Å². The zero-order valence-corrected chi connectivity index (χ0v) is 11.0. The minimum Gasteiger partial charge on any atom is -0.357 e. The van der Waals surface area contributed by atoms with E-state index in [1.165, 1.54) is 12.8 Å². The van der Waals surface area contributed by atoms with E-state index >= 15 is 0 Å². The van der Waals surface area contributed by atoms with Gasteiger partial charge < -0.3 is 9.80 Å². The molecule has 1 fully saturated rings. The minimum absolute atomic E-state index is 0.410. The van der Waals surface area contributed by atoms with Gasteiger partial charge in [0.25, 0.3) is 0 Å². The fourth-order valence-corrected chi connectivity index (χ4v) is 2.41. The van der Waals surface area contributed by atoms with E-state index in [1.54, 1.807) is 12.4 Å². The molecule has 1 aliphatic heterocycles. The van der Waals surface area contributed by atoms with Crippen LogP contribution in [0.5, 0.6) is 0 Å². The van der Waals surface area contributed by atoms with Gasteiger partial charge >= 0.3 is 0 Å². The summed E-state index contributed by atoms with van der Waals surface area (Å²) in [6.45, 7) is 3.26. The quantitative estimate of drug-likeness (QED) is 0.799. The first-order chi connectivity index (χ1) is 8.70. The first kappa shape index (κ1) is 12.8. The molecule has 0 spiro atoms. The SMILES string of the molecule is CN1CCC(CN(C)c2nccnc2C#N)CC1. The zero-order valence-electron chi connectivity index (χ0n) is 11.0. The number of aromatic nitrogens is 2. The van der Waals surface area contributed by atoms with E-state index in [1.807, 2.05) is 7.05 Å². The molecule has 0 saturated carbocycles. The molecular weight excluding hydrogens is 226 g/mol. The lowest BCUT2D eigenvalue weighted by Gasteiger charge is -2.32. The molecule has 0 unspecified atom stereocenters. The van der Waals surface area contributed by atoms with Gasteiger partial charge in [0.2, 0.25) is 0 Å². The molecule has 1 aromatic heterocycles. The largest absolute Gasteiger partial charge is 0.357 e. The lowest BCUT2D eigenvalue weighted by Crippen LogP contribution is -2.36. The lowest BCUT2D eigenvalue weighted by molar-refractivity contribution is 0.222. The average Bonchev–Trinajstić information content (AvgIpc) is 2.41. The normalized spacial score (nSPS) is 17.4. The van der Waals surface area contributed by atoms with Crippen LogP contribution in [-0.2, 0) is 0 Å². The number of hydrogen-bond acceptors (Lipinski definition) is 5. The van der Waals surface area contributed by atoms with Crippen molar-refractivity contribution in [1.82, 2.24) is 14.9 Å². The molecule has 1 saturated heterocycles. The zero-order chi connectivity index (χ0) is 13.0. The van der Waals surface area contributed by atoms with E-state index in [9.17, 15) is 0 Å². The van der Waals surface area contributed by atoms with Crippen LogP contribution in [0.4, 0.5) is 5.82 Å². The molecule has 18 heavy (non-hydrogen) atoms. The van der Waals surface area contributed by atoms with Crippen molar-refractivity contribution < 1.29 is 0 Å². The second-order valence-electron chi connectivity index (χ2n) is 4.97. The maximum absolute atomic E-state index is 9.02. The van der Waals surface area contributed by atoms with Crippen molar-refractivity contribution in [2.24, 2.45) is 5.92 Å². The Bertz CT molecular complexity index is 431. The highest BCUT2D eigenvalue weighted by Crippen LogP contribution is 2.20. The Labute approximate surface area is 108 Å². The summed E-state index contributed by atoms with van der Waals surface area (Å²) >= 11 is 0. The van der Waals surface area contributed by atoms with Gasteiger partial charge in [0, 0.05) is 26.0 Å². The Hall–Kier alpha value is -1.67. The summed E-state index contributed by atoms with van der Waals surface area (Å²) in [5.41, 5.74) is 0.410. The van der Waals surface area contributed by atoms with Crippen molar-refractivity contribution in [1.29, 1.82) is 5.26 Å². The number of piperidine rings is 1. The van der Waals surface area contributed by atoms with Crippen LogP contribution in [0.3, 0.4) is 0 Å². The standard InChI is InChI=1S/C13H19N5/c1-17-7-3-11(4-8-17)10-18(2)13-12(9-14)15-5-6-16-13/h5-6,11H,3-4,7-8,10H2,1-2H3. The summed E-state index contributed by atoms with van der Waals surface area (Å²) in [6, 6.07) is 2.10. The van der Waals surface area contributed by atoms with Crippen molar-refractivity contribution in [3.05, 3.63) is 18.1 Å². The van der Waals surface area contributed by atoms with E-state index in [0.29, 0.717) is 17.4 Å². The summed E-state index contributed by atoms with van der Waals surface area (Å²) in [6.07, 6.45) is 5.62. The predicted octanol–water partition coefficient (Wildman–Crippen LogP) is 1.13. The Balaban J connectivity index is 1.99. The van der Waals surface area contributed by atoms with E-state index in [2.05, 4.69) is 32.9 Å². The molecule has 0 amide bonds. The Morgan fingerprint density at radius 1 is 1.39 bits per heavy atom. The number of anilines is 1. The van der Waals surface area contributed by atoms with Crippen molar-refractivity contribution in [3.63, 3.8) is 0 Å². The number of rotatable bonds is 3. The third-order valence-corrected chi connectivity index (χ3v) is 3.52. The maximum Gasteiger partial charge on any atom is 0.183 e. The van der Waals surface area contributed by atoms with Crippen LogP contribution in [0.25, 0.3) is 0 Å². The lowest BCUT2D eigenvalue weighted by atomic mass is 9.97. The predicted molar refractivity (Wildman–Crippen MR) is 70.2 cm³/mol. The van der Waals surface area contributed by atoms with E-state index < -0.39 is 0 Å². The Morgan fingerprint density at radius 3 is 2.72 bits per heavy atom. The first-order valence-electron chi connectivity index (χ1n) is 6.31. The highest BCUT2D eigenvalue weighted by molar-refractivity contribution is 5.48. The fourth-order valence-electron chi connectivity index (χ4n) is 2.41.